The summed E-state index contributed by atoms with van der Waals surface area (Å²) in [6.07, 6.45) is 0.875. The molecule has 0 atom stereocenters. The highest BCUT2D eigenvalue weighted by atomic mass is 32.1. The van der Waals surface area contributed by atoms with E-state index >= 15 is 0 Å². The second kappa shape index (κ2) is 4.45. The zero-order valence-corrected chi connectivity index (χ0v) is 11.6. The number of fused-ring (bicyclic) bond motifs is 3. The lowest BCUT2D eigenvalue weighted by atomic mass is 10.0. The summed E-state index contributed by atoms with van der Waals surface area (Å²) >= 11 is 1.46. The lowest BCUT2D eigenvalue weighted by Crippen LogP contribution is -2.35. The molecule has 0 radical (unpaired) electrons. The van der Waals surface area contributed by atoms with Crippen molar-refractivity contribution < 1.29 is 4.79 Å². The summed E-state index contributed by atoms with van der Waals surface area (Å²) in [6, 6.07) is 8.27. The average Bonchev–Trinajstić information content (AvgIpc) is 3.13. The molecule has 1 aliphatic rings. The van der Waals surface area contributed by atoms with Gasteiger partial charge in [-0.05, 0) is 6.07 Å². The Morgan fingerprint density at radius 2 is 2.25 bits per heavy atom. The summed E-state index contributed by atoms with van der Waals surface area (Å²) in [4.78, 5) is 21.9. The van der Waals surface area contributed by atoms with Crippen molar-refractivity contribution in [2.75, 3.05) is 6.54 Å². The number of hydrogen-bond donors (Lipinski definition) is 1. The molecule has 0 fully saturated rings. The molecule has 0 spiro atoms. The number of aromatic nitrogens is 2. The molecule has 1 N–H and O–H groups in total. The van der Waals surface area contributed by atoms with E-state index < -0.39 is 0 Å². The molecule has 3 aromatic rings. The van der Waals surface area contributed by atoms with Crippen LogP contribution in [0.3, 0.4) is 0 Å². The van der Waals surface area contributed by atoms with Crippen molar-refractivity contribution in [3.8, 4) is 0 Å². The van der Waals surface area contributed by atoms with E-state index in [4.69, 9.17) is 0 Å². The van der Waals surface area contributed by atoms with Crippen LogP contribution in [0.2, 0.25) is 0 Å². The molecule has 0 bridgehead atoms. The Bertz CT molecular complexity index is 776. The average molecular weight is 283 g/mol. The molecule has 0 saturated carbocycles. The Labute approximate surface area is 120 Å². The number of carbonyl (C=O) groups excluding carboxylic acids is 1. The topological polar surface area (TPSA) is 49.0 Å². The first-order valence-corrected chi connectivity index (χ1v) is 7.53. The molecule has 0 unspecified atom stereocenters. The van der Waals surface area contributed by atoms with Crippen LogP contribution < -0.4 is 0 Å². The summed E-state index contributed by atoms with van der Waals surface area (Å²) in [5, 5.41) is 3.03. The number of aromatic amines is 1. The van der Waals surface area contributed by atoms with Crippen LogP contribution in [0.25, 0.3) is 10.9 Å². The maximum Gasteiger partial charge on any atom is 0.273 e. The van der Waals surface area contributed by atoms with Gasteiger partial charge in [-0.25, -0.2) is 4.98 Å². The quantitative estimate of drug-likeness (QED) is 0.746. The highest BCUT2D eigenvalue weighted by Crippen LogP contribution is 2.28. The van der Waals surface area contributed by atoms with Gasteiger partial charge < -0.3 is 9.88 Å². The van der Waals surface area contributed by atoms with Crippen molar-refractivity contribution in [3.05, 3.63) is 52.1 Å². The largest absolute Gasteiger partial charge is 0.358 e. The fraction of sp³-hybridized carbons (Fsp3) is 0.200. The Morgan fingerprint density at radius 3 is 3.10 bits per heavy atom. The van der Waals surface area contributed by atoms with Crippen molar-refractivity contribution in [1.82, 2.24) is 14.9 Å². The number of benzene rings is 1. The van der Waals surface area contributed by atoms with E-state index in [1.54, 1.807) is 5.51 Å². The number of nitrogens with zero attached hydrogens (tertiary/aromatic N) is 2. The first-order valence-electron chi connectivity index (χ1n) is 6.59. The maximum atomic E-state index is 12.4. The van der Waals surface area contributed by atoms with Crippen LogP contribution >= 0.6 is 11.3 Å². The van der Waals surface area contributed by atoms with Crippen LogP contribution in [0.4, 0.5) is 0 Å². The lowest BCUT2D eigenvalue weighted by molar-refractivity contribution is 0.0730. The Hall–Kier alpha value is -2.14. The minimum atomic E-state index is 0.0298. The highest BCUT2D eigenvalue weighted by Gasteiger charge is 2.25. The molecule has 100 valence electrons. The van der Waals surface area contributed by atoms with Crippen LogP contribution in [0.1, 0.15) is 21.7 Å². The molecule has 4 rings (SSSR count). The SMILES string of the molecule is O=C(c1cscn1)N1CCc2[nH]c3ccccc3c2C1. The number of rotatable bonds is 1. The molecule has 0 saturated heterocycles. The molecule has 1 amide bonds. The molecular weight excluding hydrogens is 270 g/mol. The van der Waals surface area contributed by atoms with Crippen molar-refractivity contribution in [1.29, 1.82) is 0 Å². The summed E-state index contributed by atoms with van der Waals surface area (Å²) in [5.74, 6) is 0.0298. The first kappa shape index (κ1) is 11.7. The van der Waals surface area contributed by atoms with Gasteiger partial charge in [0.1, 0.15) is 5.69 Å². The first-order chi connectivity index (χ1) is 9.83. The third kappa shape index (κ3) is 1.74. The second-order valence-electron chi connectivity index (χ2n) is 4.98. The number of thiazole rings is 1. The van der Waals surface area contributed by atoms with Gasteiger partial charge in [0.2, 0.25) is 0 Å². The van der Waals surface area contributed by atoms with E-state index in [-0.39, 0.29) is 5.91 Å². The predicted octanol–water partition coefficient (Wildman–Crippen LogP) is 2.82. The van der Waals surface area contributed by atoms with Gasteiger partial charge in [-0.1, -0.05) is 18.2 Å². The van der Waals surface area contributed by atoms with Crippen molar-refractivity contribution in [2.45, 2.75) is 13.0 Å². The van der Waals surface area contributed by atoms with Gasteiger partial charge in [0.15, 0.2) is 0 Å². The summed E-state index contributed by atoms with van der Waals surface area (Å²) in [6.45, 7) is 1.41. The van der Waals surface area contributed by atoms with E-state index in [0.29, 0.717) is 12.2 Å². The van der Waals surface area contributed by atoms with Crippen LogP contribution in [0.5, 0.6) is 0 Å². The standard InChI is InChI=1S/C15H13N3OS/c19-15(14-8-20-9-16-14)18-6-5-13-11(7-18)10-3-1-2-4-12(10)17-13/h1-4,8-9,17H,5-7H2. The lowest BCUT2D eigenvalue weighted by Gasteiger charge is -2.26. The van der Waals surface area contributed by atoms with Gasteiger partial charge in [0.25, 0.3) is 5.91 Å². The van der Waals surface area contributed by atoms with E-state index in [9.17, 15) is 4.79 Å². The number of nitrogens with one attached hydrogen (secondary N) is 1. The van der Waals surface area contributed by atoms with Gasteiger partial charge in [-0.15, -0.1) is 11.3 Å². The van der Waals surface area contributed by atoms with Crippen LogP contribution in [-0.2, 0) is 13.0 Å². The summed E-state index contributed by atoms with van der Waals surface area (Å²) in [5.41, 5.74) is 5.91. The molecular formula is C15H13N3OS. The highest BCUT2D eigenvalue weighted by molar-refractivity contribution is 7.07. The Morgan fingerprint density at radius 1 is 1.35 bits per heavy atom. The molecule has 1 aromatic carbocycles. The molecule has 2 aromatic heterocycles. The van der Waals surface area contributed by atoms with Crippen molar-refractivity contribution in [3.63, 3.8) is 0 Å². The zero-order chi connectivity index (χ0) is 13.5. The molecule has 20 heavy (non-hydrogen) atoms. The van der Waals surface area contributed by atoms with Gasteiger partial charge in [-0.2, -0.15) is 0 Å². The maximum absolute atomic E-state index is 12.4. The van der Waals surface area contributed by atoms with Crippen molar-refractivity contribution in [2.24, 2.45) is 0 Å². The van der Waals surface area contributed by atoms with E-state index in [1.807, 2.05) is 22.4 Å². The third-order valence-corrected chi connectivity index (χ3v) is 4.41. The van der Waals surface area contributed by atoms with Gasteiger partial charge in [0.05, 0.1) is 5.51 Å². The van der Waals surface area contributed by atoms with Crippen LogP contribution in [-0.4, -0.2) is 27.3 Å². The fourth-order valence-electron chi connectivity index (χ4n) is 2.82. The number of para-hydroxylation sites is 1. The van der Waals surface area contributed by atoms with E-state index in [1.165, 1.54) is 28.0 Å². The Kier molecular flexibility index (Phi) is 2.60. The number of carbonyl (C=O) groups is 1. The normalized spacial score (nSPS) is 14.5. The molecule has 5 heteroatoms. The van der Waals surface area contributed by atoms with Gasteiger partial charge in [-0.3, -0.25) is 4.79 Å². The molecule has 4 nitrogen and oxygen atoms in total. The zero-order valence-electron chi connectivity index (χ0n) is 10.8. The number of amides is 1. The van der Waals surface area contributed by atoms with Gasteiger partial charge in [0, 0.05) is 47.1 Å². The summed E-state index contributed by atoms with van der Waals surface area (Å²) in [7, 11) is 0. The molecule has 0 aliphatic carbocycles. The minimum Gasteiger partial charge on any atom is -0.358 e. The van der Waals surface area contributed by atoms with Crippen LogP contribution in [0, 0.1) is 0 Å². The minimum absolute atomic E-state index is 0.0298. The monoisotopic (exact) mass is 283 g/mol. The van der Waals surface area contributed by atoms with E-state index in [0.717, 1.165) is 18.5 Å². The predicted molar refractivity (Wildman–Crippen MR) is 78.9 cm³/mol. The number of H-pyrrole nitrogens is 1. The number of hydrogen-bond acceptors (Lipinski definition) is 3. The molecule has 3 heterocycles. The second-order valence-corrected chi connectivity index (χ2v) is 5.70. The van der Waals surface area contributed by atoms with Crippen molar-refractivity contribution >= 4 is 28.1 Å². The third-order valence-electron chi connectivity index (χ3n) is 3.82. The fourth-order valence-corrected chi connectivity index (χ4v) is 3.35. The smallest absolute Gasteiger partial charge is 0.273 e. The van der Waals surface area contributed by atoms with E-state index in [2.05, 4.69) is 22.1 Å². The van der Waals surface area contributed by atoms with Crippen LogP contribution in [0.15, 0.2) is 35.2 Å². The summed E-state index contributed by atoms with van der Waals surface area (Å²) < 4.78 is 0. The molecule has 1 aliphatic heterocycles. The Balaban J connectivity index is 1.71. The van der Waals surface area contributed by atoms with Gasteiger partial charge >= 0.3 is 0 Å².